The molecule has 0 bridgehead atoms. The fraction of sp³-hybridized carbons (Fsp3) is 0.393. The van der Waals surface area contributed by atoms with Crippen molar-refractivity contribution in [3.05, 3.63) is 83.7 Å². The van der Waals surface area contributed by atoms with Crippen molar-refractivity contribution in [1.29, 1.82) is 0 Å². The highest BCUT2D eigenvalue weighted by molar-refractivity contribution is 5.99. The number of carbonyl (C=O) groups is 1. The van der Waals surface area contributed by atoms with Crippen LogP contribution in [0.1, 0.15) is 44.4 Å². The first kappa shape index (κ1) is 24.5. The Morgan fingerprint density at radius 1 is 1.29 bits per heavy atom. The summed E-state index contributed by atoms with van der Waals surface area (Å²) in [6.07, 6.45) is 0.719. The molecule has 1 fully saturated rings. The molecule has 1 saturated heterocycles. The van der Waals surface area contributed by atoms with E-state index in [9.17, 15) is 9.18 Å². The van der Waals surface area contributed by atoms with Gasteiger partial charge in [-0.15, -0.1) is 5.73 Å². The van der Waals surface area contributed by atoms with E-state index >= 15 is 0 Å². The zero-order valence-corrected chi connectivity index (χ0v) is 20.7. The highest BCUT2D eigenvalue weighted by Crippen LogP contribution is 2.35. The van der Waals surface area contributed by atoms with Crippen LogP contribution in [0.5, 0.6) is 0 Å². The van der Waals surface area contributed by atoms with E-state index in [0.717, 1.165) is 35.7 Å². The van der Waals surface area contributed by atoms with Gasteiger partial charge in [-0.1, -0.05) is 49.2 Å². The second-order valence-corrected chi connectivity index (χ2v) is 9.17. The number of ketones is 1. The molecule has 0 amide bonds. The predicted octanol–water partition coefficient (Wildman–Crippen LogP) is 5.39. The Kier molecular flexibility index (Phi) is 7.20. The molecule has 0 saturated carbocycles. The molecule has 3 atom stereocenters. The lowest BCUT2D eigenvalue weighted by Gasteiger charge is -2.24. The number of anilines is 1. The van der Waals surface area contributed by atoms with Crippen molar-refractivity contribution < 1.29 is 10.6 Å². The second-order valence-electron chi connectivity index (χ2n) is 9.17. The Bertz CT molecular complexity index is 1240. The maximum Gasteiger partial charge on any atom is 0.189 e. The number of hydrogen-bond acceptors (Lipinski definition) is 4. The topological polar surface area (TPSA) is 53.7 Å². The van der Waals surface area contributed by atoms with Gasteiger partial charge in [0.15, 0.2) is 12.0 Å². The minimum absolute atomic E-state index is 0. The van der Waals surface area contributed by atoms with Gasteiger partial charge in [0.1, 0.15) is 17.4 Å². The fourth-order valence-corrected chi connectivity index (χ4v) is 5.09. The van der Waals surface area contributed by atoms with E-state index in [-0.39, 0.29) is 37.1 Å². The molecule has 1 aromatic heterocycles. The molecule has 4 rings (SSSR count). The summed E-state index contributed by atoms with van der Waals surface area (Å²) >= 11 is 0. The molecule has 2 aliphatic rings. The Hall–Kier alpha value is -3.66. The van der Waals surface area contributed by atoms with E-state index in [2.05, 4.69) is 34.7 Å². The average Bonchev–Trinajstić information content (AvgIpc) is 3.33. The lowest BCUT2D eigenvalue weighted by Crippen LogP contribution is -2.26. The van der Waals surface area contributed by atoms with Gasteiger partial charge in [-0.2, -0.15) is 5.10 Å². The van der Waals surface area contributed by atoms with Crippen LogP contribution >= 0.6 is 0 Å². The number of aromatic nitrogens is 2. The average molecular weight is 476 g/mol. The number of alkyl halides is 1. The number of Topliss-reactive ketones (excluding diaryl/α,β-unsaturated/α-hetero) is 1. The van der Waals surface area contributed by atoms with E-state index in [4.69, 9.17) is 0 Å². The molecular weight excluding hydrogens is 441 g/mol. The molecule has 6 nitrogen and oxygen atoms in total. The van der Waals surface area contributed by atoms with Crippen LogP contribution in [0.25, 0.3) is 0 Å². The first-order valence-electron chi connectivity index (χ1n) is 12.0. The summed E-state index contributed by atoms with van der Waals surface area (Å²) in [4.78, 5) is 21.3. The van der Waals surface area contributed by atoms with Crippen LogP contribution < -0.4 is 4.90 Å². The summed E-state index contributed by atoms with van der Waals surface area (Å²) in [6.45, 7) is 10.3. The molecule has 0 unspecified atom stereocenters. The summed E-state index contributed by atoms with van der Waals surface area (Å²) in [7, 11) is 3.79. The highest BCUT2D eigenvalue weighted by Gasteiger charge is 2.37. The van der Waals surface area contributed by atoms with Gasteiger partial charge < -0.3 is 9.80 Å². The van der Waals surface area contributed by atoms with Crippen LogP contribution in [0.3, 0.4) is 0 Å². The highest BCUT2D eigenvalue weighted by atomic mass is 19.1. The van der Waals surface area contributed by atoms with Crippen LogP contribution in [0.15, 0.2) is 77.4 Å². The van der Waals surface area contributed by atoms with E-state index in [1.165, 1.54) is 0 Å². The number of carbonyl (C=O) groups excluding carboxylic acids is 1. The summed E-state index contributed by atoms with van der Waals surface area (Å²) in [6, 6.07) is 11.7. The van der Waals surface area contributed by atoms with Crippen LogP contribution in [0.2, 0.25) is 0 Å². The summed E-state index contributed by atoms with van der Waals surface area (Å²) in [5.74, 6) is 1.14. The van der Waals surface area contributed by atoms with Crippen molar-refractivity contribution in [2.45, 2.75) is 51.4 Å². The number of aliphatic imine (C=N–C) groups is 1. The molecule has 1 aromatic carbocycles. The van der Waals surface area contributed by atoms with Gasteiger partial charge >= 0.3 is 0 Å². The predicted molar refractivity (Wildman–Crippen MR) is 139 cm³/mol. The Balaban J connectivity index is 0.00000361. The zero-order chi connectivity index (χ0) is 25.1. The van der Waals surface area contributed by atoms with Crippen molar-refractivity contribution in [1.82, 2.24) is 14.7 Å². The van der Waals surface area contributed by atoms with Crippen molar-refractivity contribution in [3.63, 3.8) is 0 Å². The van der Waals surface area contributed by atoms with Gasteiger partial charge in [-0.25, -0.2) is 14.1 Å². The lowest BCUT2D eigenvalue weighted by molar-refractivity contribution is -0.115. The van der Waals surface area contributed by atoms with Crippen LogP contribution in [-0.4, -0.2) is 46.6 Å². The number of nitrogens with zero attached hydrogens (tertiary/aromatic N) is 5. The second kappa shape index (κ2) is 10.3. The van der Waals surface area contributed by atoms with E-state index in [1.54, 1.807) is 0 Å². The monoisotopic (exact) mass is 475 g/mol. The van der Waals surface area contributed by atoms with Crippen molar-refractivity contribution >= 4 is 17.4 Å². The number of rotatable bonds is 6. The van der Waals surface area contributed by atoms with E-state index in [0.29, 0.717) is 12.8 Å². The van der Waals surface area contributed by atoms with Gasteiger partial charge in [0.25, 0.3) is 0 Å². The molecule has 3 heterocycles. The smallest absolute Gasteiger partial charge is 0.189 e. The number of fused-ring (bicyclic) bond motifs is 1. The molecule has 2 aromatic rings. The maximum atomic E-state index is 14.9. The van der Waals surface area contributed by atoms with Crippen LogP contribution in [0.4, 0.5) is 10.2 Å². The Labute approximate surface area is 207 Å². The van der Waals surface area contributed by atoms with E-state index < -0.39 is 6.17 Å². The Morgan fingerprint density at radius 2 is 2.03 bits per heavy atom. The van der Waals surface area contributed by atoms with Gasteiger partial charge in [-0.3, -0.25) is 4.79 Å². The minimum atomic E-state index is -1.25. The molecule has 7 heteroatoms. The van der Waals surface area contributed by atoms with Crippen LogP contribution in [0, 0.1) is 12.8 Å². The molecule has 184 valence electrons. The first-order valence-corrected chi connectivity index (χ1v) is 12.0. The minimum Gasteiger partial charge on any atom is -0.353 e. The molecule has 2 aliphatic heterocycles. The molecule has 0 aliphatic carbocycles. The molecule has 0 radical (unpaired) electrons. The molecular formula is C28H34FN5O. The molecule has 0 N–H and O–H groups in total. The summed E-state index contributed by atoms with van der Waals surface area (Å²) in [5.41, 5.74) is 8.73. The first-order chi connectivity index (χ1) is 16.8. The lowest BCUT2D eigenvalue weighted by atomic mass is 9.94. The third kappa shape index (κ3) is 4.93. The zero-order valence-electron chi connectivity index (χ0n) is 20.7. The summed E-state index contributed by atoms with van der Waals surface area (Å²) < 4.78 is 16.9. The largest absolute Gasteiger partial charge is 0.353 e. The van der Waals surface area contributed by atoms with Gasteiger partial charge in [-0.05, 0) is 25.3 Å². The van der Waals surface area contributed by atoms with Gasteiger partial charge in [0.2, 0.25) is 0 Å². The third-order valence-corrected chi connectivity index (χ3v) is 6.94. The van der Waals surface area contributed by atoms with Crippen molar-refractivity contribution in [2.24, 2.45) is 10.9 Å². The number of amidine groups is 1. The normalized spacial score (nSPS) is 23.0. The van der Waals surface area contributed by atoms with E-state index in [1.807, 2.05) is 71.9 Å². The number of allylic oxidation sites excluding steroid dienone is 2. The number of likely N-dealkylation sites (tertiary alicyclic amines) is 1. The standard InChI is InChI=1S/C28H32FN5O.H2/c1-6-23(30-28-22(29)18-25(33(28)5)20-11-9-8-10-12-20)26(35)14-13-21-15-16-34-27(17-19(3)31-34)32(4)24(21)7-2;/h8-12,17,21-22,25H,1-2,13-16,18H2,3-5H3;1H/t21-,22-,25-;/m0./s1. The fourth-order valence-electron chi connectivity index (χ4n) is 5.09. The molecule has 0 spiro atoms. The van der Waals surface area contributed by atoms with Gasteiger partial charge in [0.05, 0.1) is 17.4 Å². The van der Waals surface area contributed by atoms with Gasteiger partial charge in [0, 0.05) is 46.9 Å². The number of hydrogen-bond donors (Lipinski definition) is 0. The summed E-state index contributed by atoms with van der Waals surface area (Å²) in [5, 5.41) is 4.57. The van der Waals surface area contributed by atoms with Crippen molar-refractivity contribution in [3.8, 4) is 0 Å². The number of halogens is 1. The number of aryl methyl sites for hydroxylation is 2. The SMILES string of the molecule is C=C=C(N=C1[C@@H](F)C[C@@H](c2ccccc2)N1C)C(=O)CC[C@H]1CCn2nc(C)cc2N(C)C1=C=C.[HH]. The maximum absolute atomic E-state index is 14.9. The molecule has 35 heavy (non-hydrogen) atoms. The Morgan fingerprint density at radius 3 is 2.71 bits per heavy atom. The van der Waals surface area contributed by atoms with Crippen LogP contribution in [-0.2, 0) is 11.3 Å². The third-order valence-electron chi connectivity index (χ3n) is 6.94. The van der Waals surface area contributed by atoms with Crippen molar-refractivity contribution in [2.75, 3.05) is 19.0 Å². The number of benzene rings is 1. The quantitative estimate of drug-likeness (QED) is 0.415.